The molecule has 8 heteroatoms. The lowest BCUT2D eigenvalue weighted by Crippen LogP contribution is -2.41. The fraction of sp³-hybridized carbons (Fsp3) is 0.296. The zero-order valence-corrected chi connectivity index (χ0v) is 20.6. The summed E-state index contributed by atoms with van der Waals surface area (Å²) in [5.41, 5.74) is 2.82. The average Bonchev–Trinajstić information content (AvgIpc) is 3.35. The highest BCUT2D eigenvalue weighted by atomic mass is 32.2. The number of likely N-dealkylation sites (tertiary alicyclic amines) is 1. The van der Waals surface area contributed by atoms with Gasteiger partial charge in [-0.3, -0.25) is 14.0 Å². The third-order valence-corrected chi connectivity index (χ3v) is 7.88. The minimum atomic E-state index is -4.16. The summed E-state index contributed by atoms with van der Waals surface area (Å²) in [7, 11) is -4.16. The van der Waals surface area contributed by atoms with Gasteiger partial charge in [0.2, 0.25) is 5.91 Å². The quantitative estimate of drug-likeness (QED) is 0.482. The van der Waals surface area contributed by atoms with E-state index in [1.54, 1.807) is 18.2 Å². The van der Waals surface area contributed by atoms with Gasteiger partial charge in [0.15, 0.2) is 0 Å². The van der Waals surface area contributed by atoms with E-state index in [9.17, 15) is 17.6 Å². The van der Waals surface area contributed by atoms with Crippen molar-refractivity contribution in [3.8, 4) is 0 Å². The van der Waals surface area contributed by atoms with Crippen molar-refractivity contribution in [1.29, 1.82) is 0 Å². The van der Waals surface area contributed by atoms with Crippen molar-refractivity contribution in [1.82, 2.24) is 10.2 Å². The normalized spacial score (nSPS) is 14.1. The van der Waals surface area contributed by atoms with Gasteiger partial charge >= 0.3 is 0 Å². The van der Waals surface area contributed by atoms with Crippen LogP contribution in [0.15, 0.2) is 77.7 Å². The molecule has 3 aromatic carbocycles. The summed E-state index contributed by atoms with van der Waals surface area (Å²) < 4.78 is 42.2. The van der Waals surface area contributed by atoms with Crippen LogP contribution in [-0.4, -0.2) is 38.9 Å². The van der Waals surface area contributed by atoms with Crippen LogP contribution in [0.4, 0.5) is 10.1 Å². The summed E-state index contributed by atoms with van der Waals surface area (Å²) in [4.78, 5) is 15.3. The molecule has 0 atom stereocenters. The molecule has 0 bridgehead atoms. The van der Waals surface area contributed by atoms with Gasteiger partial charge in [0.25, 0.3) is 10.0 Å². The van der Waals surface area contributed by atoms with Gasteiger partial charge in [0.1, 0.15) is 12.4 Å². The first kappa shape index (κ1) is 24.9. The van der Waals surface area contributed by atoms with Crippen LogP contribution in [0.3, 0.4) is 0 Å². The third-order valence-electron chi connectivity index (χ3n) is 6.10. The van der Waals surface area contributed by atoms with Crippen LogP contribution < -0.4 is 9.62 Å². The number of carbonyl (C=O) groups is 1. The Balaban J connectivity index is 1.49. The first-order valence-electron chi connectivity index (χ1n) is 11.7. The van der Waals surface area contributed by atoms with E-state index in [0.717, 1.165) is 35.1 Å². The highest BCUT2D eigenvalue weighted by Gasteiger charge is 2.29. The van der Waals surface area contributed by atoms with Gasteiger partial charge in [-0.2, -0.15) is 0 Å². The molecule has 1 heterocycles. The Kier molecular flexibility index (Phi) is 7.83. The predicted molar refractivity (Wildman–Crippen MR) is 135 cm³/mol. The van der Waals surface area contributed by atoms with E-state index in [0.29, 0.717) is 0 Å². The molecule has 0 spiro atoms. The zero-order valence-electron chi connectivity index (χ0n) is 19.8. The summed E-state index contributed by atoms with van der Waals surface area (Å²) >= 11 is 0. The number of rotatable bonds is 9. The Labute approximate surface area is 206 Å². The van der Waals surface area contributed by atoms with E-state index in [2.05, 4.69) is 22.3 Å². The lowest BCUT2D eigenvalue weighted by atomic mass is 10.1. The summed E-state index contributed by atoms with van der Waals surface area (Å²) in [6.07, 6.45) is 2.44. The number of para-hydroxylation sites is 1. The number of nitrogens with one attached hydrogen (secondary N) is 1. The second kappa shape index (κ2) is 11.0. The van der Waals surface area contributed by atoms with E-state index in [4.69, 9.17) is 0 Å². The number of benzene rings is 3. The molecule has 0 aromatic heterocycles. The van der Waals surface area contributed by atoms with Crippen LogP contribution in [0.25, 0.3) is 0 Å². The molecule has 4 rings (SSSR count). The summed E-state index contributed by atoms with van der Waals surface area (Å²) in [6.45, 7) is 4.63. The monoisotopic (exact) mass is 495 g/mol. The van der Waals surface area contributed by atoms with E-state index in [1.165, 1.54) is 48.7 Å². The number of aryl methyl sites for hydroxylation is 1. The van der Waals surface area contributed by atoms with Crippen LogP contribution in [0.2, 0.25) is 0 Å². The largest absolute Gasteiger partial charge is 0.350 e. The van der Waals surface area contributed by atoms with Crippen LogP contribution in [0, 0.1) is 12.7 Å². The lowest BCUT2D eigenvalue weighted by Gasteiger charge is -2.24. The molecule has 1 fully saturated rings. The minimum absolute atomic E-state index is 0.00577. The topological polar surface area (TPSA) is 69.7 Å². The molecule has 1 amide bonds. The molecule has 1 aliphatic rings. The molecule has 0 radical (unpaired) electrons. The molecule has 184 valence electrons. The number of amides is 1. The summed E-state index contributed by atoms with van der Waals surface area (Å²) in [5.74, 6) is -1.24. The highest BCUT2D eigenvalue weighted by Crippen LogP contribution is 2.26. The number of carbonyl (C=O) groups excluding carboxylic acids is 1. The molecule has 3 aromatic rings. The second-order valence-corrected chi connectivity index (χ2v) is 10.7. The van der Waals surface area contributed by atoms with Crippen molar-refractivity contribution >= 4 is 21.6 Å². The Bertz CT molecular complexity index is 1270. The van der Waals surface area contributed by atoms with E-state index in [1.807, 2.05) is 19.1 Å². The first-order valence-corrected chi connectivity index (χ1v) is 13.2. The van der Waals surface area contributed by atoms with Crippen LogP contribution in [-0.2, 0) is 27.9 Å². The molecule has 1 aliphatic heterocycles. The molecular weight excluding hydrogens is 465 g/mol. The van der Waals surface area contributed by atoms with Crippen LogP contribution in [0.5, 0.6) is 0 Å². The molecule has 1 saturated heterocycles. The number of hydrogen-bond donors (Lipinski definition) is 1. The summed E-state index contributed by atoms with van der Waals surface area (Å²) in [6, 6.07) is 19.8. The van der Waals surface area contributed by atoms with Gasteiger partial charge in [0.05, 0.1) is 10.6 Å². The molecule has 35 heavy (non-hydrogen) atoms. The number of halogens is 1. The third kappa shape index (κ3) is 6.26. The molecule has 0 unspecified atom stereocenters. The maximum atomic E-state index is 14.6. The molecule has 0 saturated carbocycles. The fourth-order valence-electron chi connectivity index (χ4n) is 4.21. The standard InChI is InChI=1S/C27H30FN3O3S/c1-21-11-13-24(14-12-21)35(33,34)31(26-10-3-2-9-25(26)28)20-27(32)29-18-22-7-6-8-23(17-22)19-30-15-4-5-16-30/h2-3,6-14,17H,4-5,15-16,18-20H2,1H3,(H,29,32). The number of anilines is 1. The van der Waals surface area contributed by atoms with Gasteiger partial charge in [-0.1, -0.05) is 54.1 Å². The number of nitrogens with zero attached hydrogens (tertiary/aromatic N) is 2. The van der Waals surface area contributed by atoms with E-state index in [-0.39, 0.29) is 17.1 Å². The maximum absolute atomic E-state index is 14.6. The Morgan fingerprint density at radius 2 is 1.66 bits per heavy atom. The van der Waals surface area contributed by atoms with Crippen molar-refractivity contribution in [2.24, 2.45) is 0 Å². The Morgan fingerprint density at radius 1 is 0.971 bits per heavy atom. The van der Waals surface area contributed by atoms with Crippen LogP contribution in [0.1, 0.15) is 29.5 Å². The summed E-state index contributed by atoms with van der Waals surface area (Å²) in [5, 5.41) is 2.79. The maximum Gasteiger partial charge on any atom is 0.264 e. The second-order valence-electron chi connectivity index (χ2n) is 8.86. The SMILES string of the molecule is Cc1ccc(S(=O)(=O)N(CC(=O)NCc2cccc(CN3CCCC3)c2)c2ccccc2F)cc1. The van der Waals surface area contributed by atoms with Crippen molar-refractivity contribution in [2.45, 2.75) is 37.8 Å². The highest BCUT2D eigenvalue weighted by molar-refractivity contribution is 7.92. The fourth-order valence-corrected chi connectivity index (χ4v) is 5.64. The average molecular weight is 496 g/mol. The Hall–Kier alpha value is -3.23. The van der Waals surface area contributed by atoms with Gasteiger partial charge in [0, 0.05) is 13.1 Å². The van der Waals surface area contributed by atoms with Gasteiger partial charge < -0.3 is 5.32 Å². The smallest absolute Gasteiger partial charge is 0.264 e. The number of hydrogen-bond acceptors (Lipinski definition) is 4. The van der Waals surface area contributed by atoms with Gasteiger partial charge in [-0.05, 0) is 68.2 Å². The minimum Gasteiger partial charge on any atom is -0.350 e. The first-order chi connectivity index (χ1) is 16.8. The molecule has 1 N–H and O–H groups in total. The van der Waals surface area contributed by atoms with Crippen molar-refractivity contribution < 1.29 is 17.6 Å². The van der Waals surface area contributed by atoms with Crippen molar-refractivity contribution in [2.75, 3.05) is 23.9 Å². The van der Waals surface area contributed by atoms with E-state index >= 15 is 0 Å². The van der Waals surface area contributed by atoms with Crippen molar-refractivity contribution in [3.63, 3.8) is 0 Å². The lowest BCUT2D eigenvalue weighted by molar-refractivity contribution is -0.119. The zero-order chi connectivity index (χ0) is 24.8. The van der Waals surface area contributed by atoms with Crippen LogP contribution >= 0.6 is 0 Å². The number of sulfonamides is 1. The molecule has 0 aliphatic carbocycles. The molecule has 6 nitrogen and oxygen atoms in total. The van der Waals surface area contributed by atoms with E-state index < -0.39 is 28.3 Å². The molecular formula is C27H30FN3O3S. The van der Waals surface area contributed by atoms with Crippen molar-refractivity contribution in [3.05, 3.63) is 95.3 Å². The predicted octanol–water partition coefficient (Wildman–Crippen LogP) is 4.24. The van der Waals surface area contributed by atoms with Gasteiger partial charge in [-0.15, -0.1) is 0 Å². The Morgan fingerprint density at radius 3 is 2.37 bits per heavy atom. The van der Waals surface area contributed by atoms with Gasteiger partial charge in [-0.25, -0.2) is 12.8 Å².